The van der Waals surface area contributed by atoms with Crippen molar-refractivity contribution in [3.8, 4) is 0 Å². The van der Waals surface area contributed by atoms with Gasteiger partial charge < -0.3 is 14.4 Å². The number of benzene rings is 1. The van der Waals surface area contributed by atoms with Crippen LogP contribution in [-0.2, 0) is 20.8 Å². The lowest BCUT2D eigenvalue weighted by Gasteiger charge is -2.43. The molecule has 2 aliphatic heterocycles. The summed E-state index contributed by atoms with van der Waals surface area (Å²) in [6, 6.07) is 13.9. The largest absolute Gasteiger partial charge is 0.377 e. The molecule has 27 heavy (non-hydrogen) atoms. The highest BCUT2D eigenvalue weighted by molar-refractivity contribution is 5.95. The predicted octanol–water partition coefficient (Wildman–Crippen LogP) is 2.02. The molecular weight excluding hydrogens is 342 g/mol. The number of hydrogen-bond acceptors (Lipinski definition) is 5. The molecule has 0 radical (unpaired) electrons. The third-order valence-electron chi connectivity index (χ3n) is 5.20. The Kier molecular flexibility index (Phi) is 5.20. The molecule has 3 heterocycles. The van der Waals surface area contributed by atoms with Gasteiger partial charge in [-0.3, -0.25) is 14.7 Å². The van der Waals surface area contributed by atoms with Gasteiger partial charge in [-0.2, -0.15) is 0 Å². The minimum atomic E-state index is -0.526. The van der Waals surface area contributed by atoms with E-state index in [0.717, 1.165) is 30.0 Å². The second-order valence-corrected chi connectivity index (χ2v) is 7.32. The van der Waals surface area contributed by atoms with Crippen molar-refractivity contribution in [3.05, 3.63) is 59.9 Å². The summed E-state index contributed by atoms with van der Waals surface area (Å²) in [5.41, 5.74) is 2.53. The number of carbonyl (C=O) groups is 1. The summed E-state index contributed by atoms with van der Waals surface area (Å²) >= 11 is 0. The summed E-state index contributed by atoms with van der Waals surface area (Å²) < 4.78 is 12.0. The highest BCUT2D eigenvalue weighted by Gasteiger charge is 2.43. The monoisotopic (exact) mass is 367 g/mol. The molecule has 2 saturated heterocycles. The van der Waals surface area contributed by atoms with E-state index in [1.807, 2.05) is 60.5 Å². The van der Waals surface area contributed by atoms with Crippen molar-refractivity contribution in [2.45, 2.75) is 19.1 Å². The number of anilines is 1. The van der Waals surface area contributed by atoms with Crippen LogP contribution in [0.25, 0.3) is 0 Å². The molecule has 4 rings (SSSR count). The van der Waals surface area contributed by atoms with Crippen LogP contribution in [0.4, 0.5) is 5.69 Å². The average molecular weight is 367 g/mol. The first-order chi connectivity index (χ1) is 13.2. The van der Waals surface area contributed by atoms with Gasteiger partial charge in [-0.05, 0) is 30.7 Å². The molecule has 1 atom stereocenters. The molecular formula is C21H25N3O3. The van der Waals surface area contributed by atoms with E-state index in [9.17, 15) is 4.79 Å². The third-order valence-corrected chi connectivity index (χ3v) is 5.20. The standard InChI is InChI=1S/C21H25N3O3/c1-17-6-2-3-8-19(17)24-15-21(27-13-20(24)25)14-23(10-11-26-16-21)12-18-7-4-5-9-22-18/h2-9H,10-16H2,1H3/t21-/m0/s1. The number of pyridine rings is 1. The molecule has 1 aromatic heterocycles. The summed E-state index contributed by atoms with van der Waals surface area (Å²) in [5.74, 6) is -0.00421. The van der Waals surface area contributed by atoms with Crippen LogP contribution >= 0.6 is 0 Å². The number of hydrogen-bond donors (Lipinski definition) is 0. The van der Waals surface area contributed by atoms with Gasteiger partial charge in [0.1, 0.15) is 12.2 Å². The molecule has 2 aromatic rings. The zero-order valence-electron chi connectivity index (χ0n) is 15.6. The first-order valence-electron chi connectivity index (χ1n) is 9.35. The van der Waals surface area contributed by atoms with E-state index >= 15 is 0 Å². The Morgan fingerprint density at radius 2 is 2.00 bits per heavy atom. The summed E-state index contributed by atoms with van der Waals surface area (Å²) in [6.45, 7) is 6.01. The van der Waals surface area contributed by atoms with Gasteiger partial charge in [-0.15, -0.1) is 0 Å². The van der Waals surface area contributed by atoms with Crippen LogP contribution in [0.2, 0.25) is 0 Å². The molecule has 0 bridgehead atoms. The molecule has 6 nitrogen and oxygen atoms in total. The van der Waals surface area contributed by atoms with E-state index < -0.39 is 5.60 Å². The van der Waals surface area contributed by atoms with Gasteiger partial charge in [0.2, 0.25) is 0 Å². The number of carbonyl (C=O) groups excluding carboxylic acids is 1. The number of morpholine rings is 1. The second kappa shape index (κ2) is 7.76. The number of aromatic nitrogens is 1. The number of aryl methyl sites for hydroxylation is 1. The lowest BCUT2D eigenvalue weighted by Crippen LogP contribution is -2.60. The summed E-state index contributed by atoms with van der Waals surface area (Å²) in [7, 11) is 0. The van der Waals surface area contributed by atoms with Gasteiger partial charge in [0, 0.05) is 31.5 Å². The van der Waals surface area contributed by atoms with Crippen LogP contribution in [0, 0.1) is 6.92 Å². The number of amides is 1. The Morgan fingerprint density at radius 1 is 1.15 bits per heavy atom. The Hall–Kier alpha value is -2.28. The van der Waals surface area contributed by atoms with Crippen molar-refractivity contribution in [3.63, 3.8) is 0 Å². The fourth-order valence-electron chi connectivity index (χ4n) is 3.82. The predicted molar refractivity (Wildman–Crippen MR) is 103 cm³/mol. The second-order valence-electron chi connectivity index (χ2n) is 7.32. The van der Waals surface area contributed by atoms with Gasteiger partial charge in [-0.25, -0.2) is 0 Å². The summed E-state index contributed by atoms with van der Waals surface area (Å²) in [4.78, 5) is 21.2. The van der Waals surface area contributed by atoms with Gasteiger partial charge in [0.25, 0.3) is 5.91 Å². The number of para-hydroxylation sites is 1. The maximum atomic E-state index is 12.6. The highest BCUT2D eigenvalue weighted by atomic mass is 16.6. The SMILES string of the molecule is Cc1ccccc1N1C[C@@]2(COCCN(Cc3ccccn3)C2)OCC1=O. The normalized spacial score (nSPS) is 24.2. The molecule has 6 heteroatoms. The molecule has 2 fully saturated rings. The van der Waals surface area contributed by atoms with Crippen LogP contribution < -0.4 is 4.90 Å². The molecule has 0 unspecified atom stereocenters. The van der Waals surface area contributed by atoms with Crippen LogP contribution in [0.1, 0.15) is 11.3 Å². The molecule has 1 amide bonds. The Balaban J connectivity index is 1.55. The number of ether oxygens (including phenoxy) is 2. The van der Waals surface area contributed by atoms with Crippen LogP contribution in [0.15, 0.2) is 48.7 Å². The number of rotatable bonds is 3. The first-order valence-corrected chi connectivity index (χ1v) is 9.35. The van der Waals surface area contributed by atoms with E-state index in [-0.39, 0.29) is 12.5 Å². The van der Waals surface area contributed by atoms with Crippen molar-refractivity contribution in [2.24, 2.45) is 0 Å². The maximum Gasteiger partial charge on any atom is 0.253 e. The zero-order chi connectivity index (χ0) is 18.7. The summed E-state index contributed by atoms with van der Waals surface area (Å²) in [5, 5.41) is 0. The van der Waals surface area contributed by atoms with Crippen LogP contribution in [-0.4, -0.2) is 60.8 Å². The first kappa shape index (κ1) is 18.1. The maximum absolute atomic E-state index is 12.6. The molecule has 0 N–H and O–H groups in total. The Bertz CT molecular complexity index is 798. The Morgan fingerprint density at radius 3 is 2.81 bits per heavy atom. The molecule has 0 saturated carbocycles. The highest BCUT2D eigenvalue weighted by Crippen LogP contribution is 2.29. The molecule has 1 spiro atoms. The topological polar surface area (TPSA) is 54.9 Å². The van der Waals surface area contributed by atoms with E-state index in [1.165, 1.54) is 0 Å². The molecule has 2 aliphatic rings. The van der Waals surface area contributed by atoms with Crippen molar-refractivity contribution in [1.82, 2.24) is 9.88 Å². The fourth-order valence-corrected chi connectivity index (χ4v) is 3.82. The average Bonchev–Trinajstić information content (AvgIpc) is 2.87. The molecule has 1 aromatic carbocycles. The number of nitrogens with zero attached hydrogens (tertiary/aromatic N) is 3. The van der Waals surface area contributed by atoms with E-state index in [1.54, 1.807) is 0 Å². The van der Waals surface area contributed by atoms with Gasteiger partial charge in [0.05, 0.1) is 25.5 Å². The molecule has 142 valence electrons. The van der Waals surface area contributed by atoms with E-state index in [2.05, 4.69) is 9.88 Å². The van der Waals surface area contributed by atoms with Crippen molar-refractivity contribution in [2.75, 3.05) is 44.4 Å². The van der Waals surface area contributed by atoms with Gasteiger partial charge in [-0.1, -0.05) is 24.3 Å². The van der Waals surface area contributed by atoms with E-state index in [0.29, 0.717) is 26.3 Å². The smallest absolute Gasteiger partial charge is 0.253 e. The van der Waals surface area contributed by atoms with Gasteiger partial charge >= 0.3 is 0 Å². The Labute approximate surface area is 159 Å². The van der Waals surface area contributed by atoms with Crippen LogP contribution in [0.3, 0.4) is 0 Å². The van der Waals surface area contributed by atoms with E-state index in [4.69, 9.17) is 9.47 Å². The minimum Gasteiger partial charge on any atom is -0.377 e. The lowest BCUT2D eigenvalue weighted by atomic mass is 10.00. The fraction of sp³-hybridized carbons (Fsp3) is 0.429. The van der Waals surface area contributed by atoms with Crippen molar-refractivity contribution < 1.29 is 14.3 Å². The van der Waals surface area contributed by atoms with Crippen molar-refractivity contribution in [1.29, 1.82) is 0 Å². The lowest BCUT2D eigenvalue weighted by molar-refractivity contribution is -0.146. The quantitative estimate of drug-likeness (QED) is 0.831. The van der Waals surface area contributed by atoms with Crippen LogP contribution in [0.5, 0.6) is 0 Å². The van der Waals surface area contributed by atoms with Gasteiger partial charge in [0.15, 0.2) is 0 Å². The summed E-state index contributed by atoms with van der Waals surface area (Å²) in [6.07, 6.45) is 1.81. The third kappa shape index (κ3) is 4.03. The van der Waals surface area contributed by atoms with Crippen molar-refractivity contribution >= 4 is 11.6 Å². The zero-order valence-corrected chi connectivity index (χ0v) is 15.6. The molecule has 0 aliphatic carbocycles. The minimum absolute atomic E-state index is 0.00421.